The van der Waals surface area contributed by atoms with E-state index >= 15 is 0 Å². The van der Waals surface area contributed by atoms with Crippen molar-refractivity contribution < 1.29 is 23.5 Å². The first-order chi connectivity index (χ1) is 8.40. The van der Waals surface area contributed by atoms with Gasteiger partial charge in [0.15, 0.2) is 11.6 Å². The molecule has 0 saturated carbocycles. The summed E-state index contributed by atoms with van der Waals surface area (Å²) in [7, 11) is 0. The maximum atomic E-state index is 13.1. The molecule has 1 amide bonds. The number of benzene rings is 1. The van der Waals surface area contributed by atoms with E-state index in [1.54, 1.807) is 0 Å². The second-order valence-electron chi connectivity index (χ2n) is 3.71. The third-order valence-corrected chi connectivity index (χ3v) is 2.49. The summed E-state index contributed by atoms with van der Waals surface area (Å²) in [5.74, 6) is -4.26. The Hall–Kier alpha value is -2.44. The number of nitrogens with two attached hydrogens (primary N) is 1. The molecule has 1 heterocycles. The molecule has 0 bridgehead atoms. The van der Waals surface area contributed by atoms with Crippen molar-refractivity contribution in [3.63, 3.8) is 0 Å². The Bertz CT molecular complexity index is 664. The average Bonchev–Trinajstić information content (AvgIpc) is 2.57. The van der Waals surface area contributed by atoms with Crippen molar-refractivity contribution in [2.45, 2.75) is 6.54 Å². The number of aromatic nitrogens is 1. The van der Waals surface area contributed by atoms with Crippen molar-refractivity contribution in [1.29, 1.82) is 0 Å². The van der Waals surface area contributed by atoms with Gasteiger partial charge in [-0.3, -0.25) is 9.59 Å². The Morgan fingerprint density at radius 3 is 2.44 bits per heavy atom. The lowest BCUT2D eigenvalue weighted by molar-refractivity contribution is -0.137. The molecule has 3 N–H and O–H groups in total. The van der Waals surface area contributed by atoms with E-state index in [4.69, 9.17) is 10.8 Å². The summed E-state index contributed by atoms with van der Waals surface area (Å²) in [5, 5.41) is 8.78. The van der Waals surface area contributed by atoms with Crippen LogP contribution in [0.1, 0.15) is 10.4 Å². The predicted molar refractivity (Wildman–Crippen MR) is 58.0 cm³/mol. The lowest BCUT2D eigenvalue weighted by Crippen LogP contribution is -2.11. The summed E-state index contributed by atoms with van der Waals surface area (Å²) in [6, 6.07) is 1.66. The topological polar surface area (TPSA) is 85.3 Å². The lowest BCUT2D eigenvalue weighted by atomic mass is 10.1. The average molecular weight is 254 g/mol. The van der Waals surface area contributed by atoms with E-state index in [0.717, 1.165) is 16.7 Å². The molecule has 2 aromatic rings. The minimum atomic E-state index is -1.17. The summed E-state index contributed by atoms with van der Waals surface area (Å²) in [6.07, 6.45) is 1.17. The highest BCUT2D eigenvalue weighted by molar-refractivity contribution is 6.06. The number of carboxylic acid groups (broad SMARTS) is 1. The number of primary amides is 1. The van der Waals surface area contributed by atoms with Crippen LogP contribution in [0.3, 0.4) is 0 Å². The van der Waals surface area contributed by atoms with Crippen LogP contribution in [0.5, 0.6) is 0 Å². The highest BCUT2D eigenvalue weighted by Gasteiger charge is 2.17. The molecule has 0 saturated heterocycles. The van der Waals surface area contributed by atoms with E-state index in [-0.39, 0.29) is 16.5 Å². The van der Waals surface area contributed by atoms with E-state index in [1.165, 1.54) is 6.20 Å². The zero-order chi connectivity index (χ0) is 13.4. The number of amides is 1. The molecule has 0 spiro atoms. The molecule has 2 rings (SSSR count). The molecule has 0 aliphatic carbocycles. The molecule has 5 nitrogen and oxygen atoms in total. The number of hydrogen-bond donors (Lipinski definition) is 2. The minimum absolute atomic E-state index is 0.0508. The van der Waals surface area contributed by atoms with Crippen LogP contribution < -0.4 is 5.73 Å². The Balaban J connectivity index is 2.76. The van der Waals surface area contributed by atoms with Crippen molar-refractivity contribution >= 4 is 22.8 Å². The van der Waals surface area contributed by atoms with Crippen LogP contribution in [-0.2, 0) is 11.3 Å². The fourth-order valence-corrected chi connectivity index (χ4v) is 1.76. The first-order valence-corrected chi connectivity index (χ1v) is 4.89. The van der Waals surface area contributed by atoms with E-state index in [0.29, 0.717) is 0 Å². The Morgan fingerprint density at radius 1 is 1.28 bits per heavy atom. The Morgan fingerprint density at radius 2 is 1.89 bits per heavy atom. The van der Waals surface area contributed by atoms with Gasteiger partial charge < -0.3 is 15.4 Å². The van der Waals surface area contributed by atoms with Gasteiger partial charge in [-0.1, -0.05) is 0 Å². The normalized spacial score (nSPS) is 10.8. The molecular formula is C11H8F2N2O3. The number of rotatable bonds is 3. The summed E-state index contributed by atoms with van der Waals surface area (Å²) in [5.41, 5.74) is 5.15. The number of carbonyl (C=O) groups is 2. The molecule has 18 heavy (non-hydrogen) atoms. The van der Waals surface area contributed by atoms with Crippen LogP contribution in [0.2, 0.25) is 0 Å². The van der Waals surface area contributed by atoms with E-state index in [9.17, 15) is 18.4 Å². The van der Waals surface area contributed by atoms with Gasteiger partial charge in [-0.25, -0.2) is 8.78 Å². The standard InChI is InChI=1S/C11H8F2N2O3/c12-7-1-5-6(11(14)18)3-15(4-10(16)17)9(5)2-8(7)13/h1-3H,4H2,(H2,14,18)(H,16,17). The molecule has 0 radical (unpaired) electrons. The SMILES string of the molecule is NC(=O)c1cn(CC(=O)O)c2cc(F)c(F)cc12. The highest BCUT2D eigenvalue weighted by atomic mass is 19.2. The number of carbonyl (C=O) groups excluding carboxylic acids is 1. The smallest absolute Gasteiger partial charge is 0.323 e. The van der Waals surface area contributed by atoms with Gasteiger partial charge in [0.05, 0.1) is 11.1 Å². The monoisotopic (exact) mass is 254 g/mol. The van der Waals surface area contributed by atoms with Gasteiger partial charge in [0.1, 0.15) is 6.54 Å². The van der Waals surface area contributed by atoms with Crippen molar-refractivity contribution in [3.05, 3.63) is 35.5 Å². The number of aliphatic carboxylic acids is 1. The molecule has 7 heteroatoms. The van der Waals surface area contributed by atoms with Crippen LogP contribution in [0.15, 0.2) is 18.3 Å². The third-order valence-electron chi connectivity index (χ3n) is 2.49. The minimum Gasteiger partial charge on any atom is -0.480 e. The Kier molecular flexibility index (Phi) is 2.74. The van der Waals surface area contributed by atoms with Crippen molar-refractivity contribution in [2.24, 2.45) is 5.73 Å². The van der Waals surface area contributed by atoms with Crippen molar-refractivity contribution in [3.8, 4) is 0 Å². The van der Waals surface area contributed by atoms with Crippen molar-refractivity contribution in [2.75, 3.05) is 0 Å². The van der Waals surface area contributed by atoms with Crippen LogP contribution in [0.4, 0.5) is 8.78 Å². The number of fused-ring (bicyclic) bond motifs is 1. The van der Waals surface area contributed by atoms with Gasteiger partial charge >= 0.3 is 5.97 Å². The maximum Gasteiger partial charge on any atom is 0.323 e. The number of halogens is 2. The second-order valence-corrected chi connectivity index (χ2v) is 3.71. The molecule has 0 aliphatic rings. The van der Waals surface area contributed by atoms with Crippen LogP contribution in [0.25, 0.3) is 10.9 Å². The van der Waals surface area contributed by atoms with Gasteiger partial charge in [0.2, 0.25) is 0 Å². The van der Waals surface area contributed by atoms with Gasteiger partial charge in [0, 0.05) is 17.6 Å². The number of carboxylic acids is 1. The van der Waals surface area contributed by atoms with Gasteiger partial charge in [-0.15, -0.1) is 0 Å². The molecule has 0 atom stereocenters. The fraction of sp³-hybridized carbons (Fsp3) is 0.0909. The molecule has 0 unspecified atom stereocenters. The highest BCUT2D eigenvalue weighted by Crippen LogP contribution is 2.24. The summed E-state index contributed by atoms with van der Waals surface area (Å²) < 4.78 is 27.4. The first kappa shape index (κ1) is 12.0. The zero-order valence-electron chi connectivity index (χ0n) is 8.98. The zero-order valence-corrected chi connectivity index (χ0v) is 8.98. The maximum absolute atomic E-state index is 13.1. The largest absolute Gasteiger partial charge is 0.480 e. The third kappa shape index (κ3) is 1.90. The molecular weight excluding hydrogens is 246 g/mol. The summed E-state index contributed by atoms with van der Waals surface area (Å²) >= 11 is 0. The predicted octanol–water partition coefficient (Wildman–Crippen LogP) is 1.10. The molecule has 0 fully saturated rings. The van der Waals surface area contributed by atoms with Gasteiger partial charge in [-0.2, -0.15) is 0 Å². The van der Waals surface area contributed by atoms with Gasteiger partial charge in [-0.05, 0) is 6.07 Å². The first-order valence-electron chi connectivity index (χ1n) is 4.89. The quantitative estimate of drug-likeness (QED) is 0.860. The fourth-order valence-electron chi connectivity index (χ4n) is 1.76. The second kappa shape index (κ2) is 4.10. The molecule has 0 aliphatic heterocycles. The summed E-state index contributed by atoms with van der Waals surface area (Å²) in [4.78, 5) is 21.8. The van der Waals surface area contributed by atoms with Gasteiger partial charge in [0.25, 0.3) is 5.91 Å². The van der Waals surface area contributed by atoms with E-state index in [2.05, 4.69) is 0 Å². The lowest BCUT2D eigenvalue weighted by Gasteiger charge is -2.01. The van der Waals surface area contributed by atoms with Crippen LogP contribution in [-0.4, -0.2) is 21.6 Å². The number of hydrogen-bond acceptors (Lipinski definition) is 2. The number of nitrogens with zero attached hydrogens (tertiary/aromatic N) is 1. The van der Waals surface area contributed by atoms with E-state index < -0.39 is 30.1 Å². The van der Waals surface area contributed by atoms with Crippen LogP contribution >= 0.6 is 0 Å². The Labute approximate surface area is 99.4 Å². The molecule has 1 aromatic heterocycles. The van der Waals surface area contributed by atoms with E-state index in [1.807, 2.05) is 0 Å². The summed E-state index contributed by atoms with van der Waals surface area (Å²) in [6.45, 7) is -0.477. The van der Waals surface area contributed by atoms with Crippen LogP contribution in [0, 0.1) is 11.6 Å². The van der Waals surface area contributed by atoms with Crippen molar-refractivity contribution in [1.82, 2.24) is 4.57 Å². The molecule has 94 valence electrons. The molecule has 1 aromatic carbocycles.